The third-order valence-corrected chi connectivity index (χ3v) is 5.27. The first kappa shape index (κ1) is 17.0. The van der Waals surface area contributed by atoms with Crippen LogP contribution in [-0.2, 0) is 6.42 Å². The number of anilines is 1. The average molecular weight is 324 g/mol. The second kappa shape index (κ2) is 7.82. The molecule has 1 heterocycles. The van der Waals surface area contributed by atoms with Gasteiger partial charge in [-0.25, -0.2) is 0 Å². The van der Waals surface area contributed by atoms with E-state index in [-0.39, 0.29) is 11.6 Å². The first-order valence-electron chi connectivity index (χ1n) is 8.95. The van der Waals surface area contributed by atoms with Gasteiger partial charge in [0.1, 0.15) is 0 Å². The van der Waals surface area contributed by atoms with Crippen LogP contribution in [0.1, 0.15) is 25.3 Å². The minimum absolute atomic E-state index is 0.218. The van der Waals surface area contributed by atoms with Crippen molar-refractivity contribution in [1.29, 1.82) is 0 Å². The van der Waals surface area contributed by atoms with Gasteiger partial charge in [0.05, 0.1) is 11.6 Å². The standard InChI is InChI=1S/C21H28N2O/c1-18(24)21(22-20-10-6-3-7-11-20)13-16-23(17-14-21)15-12-19-8-4-2-5-9-19/h2-11,18,22,24H,12-17H2,1H3. The zero-order chi connectivity index (χ0) is 16.8. The van der Waals surface area contributed by atoms with Gasteiger partial charge >= 0.3 is 0 Å². The highest BCUT2D eigenvalue weighted by molar-refractivity contribution is 5.45. The van der Waals surface area contributed by atoms with Gasteiger partial charge in [0, 0.05) is 25.3 Å². The van der Waals surface area contributed by atoms with E-state index in [2.05, 4.69) is 52.7 Å². The van der Waals surface area contributed by atoms with Gasteiger partial charge < -0.3 is 15.3 Å². The van der Waals surface area contributed by atoms with Crippen molar-refractivity contribution < 1.29 is 5.11 Å². The van der Waals surface area contributed by atoms with Crippen molar-refractivity contribution in [1.82, 2.24) is 4.90 Å². The molecule has 1 saturated heterocycles. The Hall–Kier alpha value is -1.84. The van der Waals surface area contributed by atoms with Crippen LogP contribution >= 0.6 is 0 Å². The summed E-state index contributed by atoms with van der Waals surface area (Å²) in [7, 11) is 0. The molecule has 128 valence electrons. The normalized spacial score (nSPS) is 18.9. The van der Waals surface area contributed by atoms with Gasteiger partial charge in [-0.05, 0) is 43.9 Å². The van der Waals surface area contributed by atoms with E-state index in [9.17, 15) is 5.11 Å². The van der Waals surface area contributed by atoms with Crippen LogP contribution in [0, 0.1) is 0 Å². The van der Waals surface area contributed by atoms with Crippen LogP contribution in [0.25, 0.3) is 0 Å². The number of nitrogens with one attached hydrogen (secondary N) is 1. The predicted molar refractivity (Wildman–Crippen MR) is 100 cm³/mol. The lowest BCUT2D eigenvalue weighted by molar-refractivity contribution is 0.0603. The molecular weight excluding hydrogens is 296 g/mol. The first-order chi connectivity index (χ1) is 11.7. The second-order valence-electron chi connectivity index (χ2n) is 6.90. The molecule has 1 aliphatic heterocycles. The molecule has 2 aromatic carbocycles. The van der Waals surface area contributed by atoms with Crippen molar-refractivity contribution >= 4 is 5.69 Å². The van der Waals surface area contributed by atoms with Crippen LogP contribution in [0.2, 0.25) is 0 Å². The van der Waals surface area contributed by atoms with E-state index in [4.69, 9.17) is 0 Å². The van der Waals surface area contributed by atoms with Crippen LogP contribution in [0.15, 0.2) is 60.7 Å². The Labute approximate surface area is 145 Å². The van der Waals surface area contributed by atoms with Crippen molar-refractivity contribution in [2.75, 3.05) is 25.0 Å². The third-order valence-electron chi connectivity index (χ3n) is 5.27. The lowest BCUT2D eigenvalue weighted by Crippen LogP contribution is -2.55. The zero-order valence-corrected chi connectivity index (χ0v) is 14.5. The summed E-state index contributed by atoms with van der Waals surface area (Å²) in [5.74, 6) is 0. The van der Waals surface area contributed by atoms with Gasteiger partial charge in [0.15, 0.2) is 0 Å². The molecule has 0 saturated carbocycles. The van der Waals surface area contributed by atoms with Gasteiger partial charge in [-0.3, -0.25) is 0 Å². The fraction of sp³-hybridized carbons (Fsp3) is 0.429. The number of piperidine rings is 1. The number of likely N-dealkylation sites (tertiary alicyclic amines) is 1. The molecular formula is C21H28N2O. The number of benzene rings is 2. The van der Waals surface area contributed by atoms with Gasteiger partial charge in [0.25, 0.3) is 0 Å². The molecule has 0 spiro atoms. The minimum atomic E-state index is -0.367. The first-order valence-corrected chi connectivity index (χ1v) is 8.95. The predicted octanol–water partition coefficient (Wildman–Crippen LogP) is 3.56. The molecule has 1 fully saturated rings. The number of aliphatic hydroxyl groups is 1. The minimum Gasteiger partial charge on any atom is -0.391 e. The maximum absolute atomic E-state index is 10.4. The molecule has 0 amide bonds. The van der Waals surface area contributed by atoms with E-state index in [1.807, 2.05) is 25.1 Å². The van der Waals surface area contributed by atoms with E-state index in [0.717, 1.165) is 44.6 Å². The Morgan fingerprint density at radius 1 is 1.00 bits per heavy atom. The summed E-state index contributed by atoms with van der Waals surface area (Å²) in [5.41, 5.74) is 2.27. The van der Waals surface area contributed by atoms with Crippen LogP contribution in [-0.4, -0.2) is 41.3 Å². The lowest BCUT2D eigenvalue weighted by Gasteiger charge is -2.45. The zero-order valence-electron chi connectivity index (χ0n) is 14.5. The van der Waals surface area contributed by atoms with Gasteiger partial charge in [-0.2, -0.15) is 0 Å². The SMILES string of the molecule is CC(O)C1(Nc2ccccc2)CCN(CCc2ccccc2)CC1. The van der Waals surface area contributed by atoms with E-state index in [1.54, 1.807) is 0 Å². The summed E-state index contributed by atoms with van der Waals surface area (Å²) in [6.45, 7) is 5.05. The summed E-state index contributed by atoms with van der Waals surface area (Å²) in [6, 6.07) is 20.9. The highest BCUT2D eigenvalue weighted by Crippen LogP contribution is 2.30. The fourth-order valence-electron chi connectivity index (χ4n) is 3.56. The van der Waals surface area contributed by atoms with Crippen LogP contribution in [0.3, 0.4) is 0 Å². The van der Waals surface area contributed by atoms with E-state index >= 15 is 0 Å². The quantitative estimate of drug-likeness (QED) is 0.853. The molecule has 1 aliphatic rings. The van der Waals surface area contributed by atoms with Crippen LogP contribution < -0.4 is 5.32 Å². The Balaban J connectivity index is 1.56. The molecule has 3 heteroatoms. The number of hydrogen-bond acceptors (Lipinski definition) is 3. The fourth-order valence-corrected chi connectivity index (χ4v) is 3.56. The number of aliphatic hydroxyl groups excluding tert-OH is 1. The van der Waals surface area contributed by atoms with Crippen molar-refractivity contribution in [3.63, 3.8) is 0 Å². The maximum Gasteiger partial charge on any atom is 0.0742 e. The topological polar surface area (TPSA) is 35.5 Å². The molecule has 1 unspecified atom stereocenters. The van der Waals surface area contributed by atoms with Crippen molar-refractivity contribution in [2.24, 2.45) is 0 Å². The summed E-state index contributed by atoms with van der Waals surface area (Å²) in [6.07, 6.45) is 2.66. The average Bonchev–Trinajstić information content (AvgIpc) is 2.63. The summed E-state index contributed by atoms with van der Waals surface area (Å²) in [5, 5.41) is 14.0. The monoisotopic (exact) mass is 324 g/mol. The summed E-state index contributed by atoms with van der Waals surface area (Å²) >= 11 is 0. The summed E-state index contributed by atoms with van der Waals surface area (Å²) < 4.78 is 0. The number of para-hydroxylation sites is 1. The largest absolute Gasteiger partial charge is 0.391 e. The molecule has 2 N–H and O–H groups in total. The molecule has 0 aromatic heterocycles. The molecule has 3 rings (SSSR count). The van der Waals surface area contributed by atoms with Crippen LogP contribution in [0.5, 0.6) is 0 Å². The van der Waals surface area contributed by atoms with Crippen molar-refractivity contribution in [3.8, 4) is 0 Å². The lowest BCUT2D eigenvalue weighted by atomic mass is 9.82. The van der Waals surface area contributed by atoms with E-state index < -0.39 is 0 Å². The molecule has 0 bridgehead atoms. The third kappa shape index (κ3) is 4.16. The molecule has 0 radical (unpaired) electrons. The van der Waals surface area contributed by atoms with E-state index in [1.165, 1.54) is 5.56 Å². The Morgan fingerprint density at radius 2 is 1.58 bits per heavy atom. The van der Waals surface area contributed by atoms with Crippen molar-refractivity contribution in [3.05, 3.63) is 66.2 Å². The molecule has 2 aromatic rings. The second-order valence-corrected chi connectivity index (χ2v) is 6.90. The number of nitrogens with zero attached hydrogens (tertiary/aromatic N) is 1. The maximum atomic E-state index is 10.4. The van der Waals surface area contributed by atoms with E-state index in [0.29, 0.717) is 0 Å². The smallest absolute Gasteiger partial charge is 0.0742 e. The number of hydrogen-bond donors (Lipinski definition) is 2. The Kier molecular flexibility index (Phi) is 5.54. The van der Waals surface area contributed by atoms with Gasteiger partial charge in [0.2, 0.25) is 0 Å². The molecule has 1 atom stereocenters. The highest BCUT2D eigenvalue weighted by Gasteiger charge is 2.38. The summed E-state index contributed by atoms with van der Waals surface area (Å²) in [4.78, 5) is 2.51. The van der Waals surface area contributed by atoms with Crippen LogP contribution in [0.4, 0.5) is 5.69 Å². The molecule has 3 nitrogen and oxygen atoms in total. The van der Waals surface area contributed by atoms with Gasteiger partial charge in [-0.1, -0.05) is 48.5 Å². The Morgan fingerprint density at radius 3 is 2.17 bits per heavy atom. The molecule has 24 heavy (non-hydrogen) atoms. The highest BCUT2D eigenvalue weighted by atomic mass is 16.3. The number of rotatable bonds is 6. The molecule has 0 aliphatic carbocycles. The van der Waals surface area contributed by atoms with Crippen molar-refractivity contribution in [2.45, 2.75) is 37.8 Å². The Bertz CT molecular complexity index is 604. The van der Waals surface area contributed by atoms with Gasteiger partial charge in [-0.15, -0.1) is 0 Å².